The molecule has 2 rings (SSSR count). The van der Waals surface area contributed by atoms with Crippen LogP contribution < -0.4 is 33.2 Å². The largest absolute Gasteiger partial charge is 0.480 e. The Balaban J connectivity index is 2.26. The smallest absolute Gasteiger partial charge is 0.326 e. The van der Waals surface area contributed by atoms with Gasteiger partial charge in [0, 0.05) is 23.5 Å². The molecule has 14 nitrogen and oxygen atoms in total. The van der Waals surface area contributed by atoms with Gasteiger partial charge in [0.15, 0.2) is 0 Å². The lowest BCUT2D eigenvalue weighted by atomic mass is 10.0. The number of rotatable bonds is 16. The molecular formula is C25H37N7O7. The van der Waals surface area contributed by atoms with Crippen molar-refractivity contribution in [3.63, 3.8) is 0 Å². The number of aliphatic carboxylic acids is 1. The number of carbonyl (C=O) groups excluding carboxylic acids is 4. The maximum Gasteiger partial charge on any atom is 0.326 e. The lowest BCUT2D eigenvalue weighted by Gasteiger charge is -2.26. The monoisotopic (exact) mass is 547 g/mol. The van der Waals surface area contributed by atoms with Crippen LogP contribution in [0.1, 0.15) is 38.2 Å². The molecule has 0 bridgehead atoms. The Bertz CT molecular complexity index is 1170. The van der Waals surface area contributed by atoms with Crippen molar-refractivity contribution in [3.8, 4) is 0 Å². The third kappa shape index (κ3) is 9.35. The van der Waals surface area contributed by atoms with Gasteiger partial charge < -0.3 is 48.3 Å². The number of aromatic nitrogens is 1. The fourth-order valence-corrected chi connectivity index (χ4v) is 3.97. The van der Waals surface area contributed by atoms with Gasteiger partial charge in [-0.25, -0.2) is 4.79 Å². The summed E-state index contributed by atoms with van der Waals surface area (Å²) in [7, 11) is 0. The van der Waals surface area contributed by atoms with Crippen LogP contribution in [0, 0.1) is 0 Å². The quantitative estimate of drug-likeness (QED) is 0.105. The molecule has 4 amide bonds. The number of carboxylic acids is 1. The predicted molar refractivity (Wildman–Crippen MR) is 142 cm³/mol. The summed E-state index contributed by atoms with van der Waals surface area (Å²) >= 11 is 0. The van der Waals surface area contributed by atoms with Crippen LogP contribution in [0.3, 0.4) is 0 Å². The summed E-state index contributed by atoms with van der Waals surface area (Å²) in [6, 6.07) is 1.96. The molecule has 0 aliphatic heterocycles. The van der Waals surface area contributed by atoms with Crippen LogP contribution in [-0.2, 0) is 30.4 Å². The van der Waals surface area contributed by atoms with Gasteiger partial charge in [0.05, 0.1) is 18.6 Å². The molecule has 2 aromatic rings. The number of primary amides is 1. The number of fused-ring (bicyclic) bond motifs is 1. The first-order chi connectivity index (χ1) is 18.4. The van der Waals surface area contributed by atoms with E-state index in [2.05, 4.69) is 20.9 Å². The maximum absolute atomic E-state index is 13.4. The summed E-state index contributed by atoms with van der Waals surface area (Å²) in [5.74, 6) is -4.94. The first-order valence-electron chi connectivity index (χ1n) is 12.6. The number of nitrogens with one attached hydrogen (secondary N) is 4. The average Bonchev–Trinajstić information content (AvgIpc) is 3.28. The zero-order valence-corrected chi connectivity index (χ0v) is 21.7. The molecule has 1 heterocycles. The van der Waals surface area contributed by atoms with E-state index < -0.39 is 66.3 Å². The standard InChI is InChI=1S/C25H37N7O7/c1-13(33)21(24(37)31-19(25(38)39)11-20(28)34)32-23(36)18(30-22(35)16(27)7-4-5-9-26)10-14-12-29-17-8-3-2-6-15(14)17/h2-3,6,8,12-13,16,18-19,21,29,33H,4-5,7,9-11,26-27H2,1H3,(H2,28,34)(H,30,35)(H,31,37)(H,32,36)(H,38,39). The first kappa shape index (κ1) is 31.2. The van der Waals surface area contributed by atoms with Gasteiger partial charge in [-0.2, -0.15) is 0 Å². The highest BCUT2D eigenvalue weighted by Gasteiger charge is 2.33. The van der Waals surface area contributed by atoms with Crippen molar-refractivity contribution in [3.05, 3.63) is 36.0 Å². The molecule has 0 saturated heterocycles. The highest BCUT2D eigenvalue weighted by atomic mass is 16.4. The molecular weight excluding hydrogens is 510 g/mol. The second kappa shape index (κ2) is 14.8. The van der Waals surface area contributed by atoms with Crippen LogP contribution in [0.4, 0.5) is 0 Å². The molecule has 0 spiro atoms. The van der Waals surface area contributed by atoms with E-state index in [1.54, 1.807) is 6.20 Å². The van der Waals surface area contributed by atoms with Gasteiger partial charge in [-0.05, 0) is 37.9 Å². The summed E-state index contributed by atoms with van der Waals surface area (Å²) in [5.41, 5.74) is 18.1. The van der Waals surface area contributed by atoms with Gasteiger partial charge in [-0.1, -0.05) is 24.6 Å². The van der Waals surface area contributed by atoms with Crippen molar-refractivity contribution >= 4 is 40.5 Å². The number of carbonyl (C=O) groups is 5. The molecule has 0 aliphatic rings. The van der Waals surface area contributed by atoms with Crippen LogP contribution in [0.2, 0.25) is 0 Å². The van der Waals surface area contributed by atoms with Crippen molar-refractivity contribution in [1.29, 1.82) is 0 Å². The highest BCUT2D eigenvalue weighted by Crippen LogP contribution is 2.19. The number of amides is 4. The number of unbranched alkanes of at least 4 members (excludes halogenated alkanes) is 1. The van der Waals surface area contributed by atoms with Crippen LogP contribution in [0.5, 0.6) is 0 Å². The molecule has 5 unspecified atom stereocenters. The van der Waals surface area contributed by atoms with E-state index in [0.717, 1.165) is 10.9 Å². The Morgan fingerprint density at radius 1 is 0.974 bits per heavy atom. The van der Waals surface area contributed by atoms with E-state index in [4.69, 9.17) is 17.2 Å². The van der Waals surface area contributed by atoms with Gasteiger partial charge in [-0.3, -0.25) is 19.2 Å². The third-order valence-electron chi connectivity index (χ3n) is 6.12. The van der Waals surface area contributed by atoms with E-state index in [1.807, 2.05) is 24.3 Å². The molecule has 12 N–H and O–H groups in total. The van der Waals surface area contributed by atoms with Crippen LogP contribution in [-0.4, -0.2) is 81.6 Å². The molecule has 0 fully saturated rings. The summed E-state index contributed by atoms with van der Waals surface area (Å²) in [6.45, 7) is 1.67. The predicted octanol–water partition coefficient (Wildman–Crippen LogP) is -2.04. The van der Waals surface area contributed by atoms with Gasteiger partial charge in [0.1, 0.15) is 18.1 Å². The Kier molecular flexibility index (Phi) is 11.8. The number of para-hydroxylation sites is 1. The number of aliphatic hydroxyl groups excluding tert-OH is 1. The molecule has 1 aromatic heterocycles. The van der Waals surface area contributed by atoms with E-state index >= 15 is 0 Å². The van der Waals surface area contributed by atoms with Crippen LogP contribution >= 0.6 is 0 Å². The topological polar surface area (TPSA) is 256 Å². The van der Waals surface area contributed by atoms with Gasteiger partial charge in [0.2, 0.25) is 23.6 Å². The van der Waals surface area contributed by atoms with Crippen molar-refractivity contribution in [2.24, 2.45) is 17.2 Å². The molecule has 0 aliphatic carbocycles. The van der Waals surface area contributed by atoms with E-state index in [-0.39, 0.29) is 6.42 Å². The van der Waals surface area contributed by atoms with Crippen molar-refractivity contribution in [2.75, 3.05) is 6.54 Å². The molecule has 0 radical (unpaired) electrons. The Morgan fingerprint density at radius 3 is 2.26 bits per heavy atom. The molecule has 14 heteroatoms. The minimum absolute atomic E-state index is 0.0185. The molecule has 0 saturated carbocycles. The number of carboxylic acid groups (broad SMARTS) is 1. The second-order valence-corrected chi connectivity index (χ2v) is 9.31. The van der Waals surface area contributed by atoms with Crippen LogP contribution in [0.25, 0.3) is 10.9 Å². The van der Waals surface area contributed by atoms with Crippen molar-refractivity contribution in [1.82, 2.24) is 20.9 Å². The normalized spacial score (nSPS) is 15.0. The van der Waals surface area contributed by atoms with Crippen molar-refractivity contribution < 1.29 is 34.2 Å². The number of aromatic amines is 1. The number of aliphatic hydroxyl groups is 1. The summed E-state index contributed by atoms with van der Waals surface area (Å²) < 4.78 is 0. The lowest BCUT2D eigenvalue weighted by Crippen LogP contribution is -2.60. The Hall–Kier alpha value is -4.01. The van der Waals surface area contributed by atoms with E-state index in [1.165, 1.54) is 6.92 Å². The van der Waals surface area contributed by atoms with Gasteiger partial charge in [0.25, 0.3) is 0 Å². The first-order valence-corrected chi connectivity index (χ1v) is 12.6. The molecule has 1 aromatic carbocycles. The van der Waals surface area contributed by atoms with Gasteiger partial charge in [-0.15, -0.1) is 0 Å². The zero-order chi connectivity index (χ0) is 29.1. The van der Waals surface area contributed by atoms with E-state index in [0.29, 0.717) is 31.4 Å². The minimum atomic E-state index is -1.67. The number of hydrogen-bond acceptors (Lipinski definition) is 8. The fraction of sp³-hybridized carbons (Fsp3) is 0.480. The molecule has 5 atom stereocenters. The number of nitrogens with two attached hydrogens (primary N) is 3. The van der Waals surface area contributed by atoms with Crippen molar-refractivity contribution in [2.45, 2.75) is 69.3 Å². The number of H-pyrrole nitrogens is 1. The highest BCUT2D eigenvalue weighted by molar-refractivity contribution is 5.95. The summed E-state index contributed by atoms with van der Waals surface area (Å²) in [5, 5.41) is 27.4. The fourth-order valence-electron chi connectivity index (χ4n) is 3.97. The van der Waals surface area contributed by atoms with E-state index in [9.17, 15) is 34.2 Å². The van der Waals surface area contributed by atoms with Gasteiger partial charge >= 0.3 is 5.97 Å². The Morgan fingerprint density at radius 2 is 1.64 bits per heavy atom. The molecule has 214 valence electrons. The Labute approximate surface area is 225 Å². The summed E-state index contributed by atoms with van der Waals surface area (Å²) in [6.07, 6.45) is 1.20. The third-order valence-corrected chi connectivity index (χ3v) is 6.12. The maximum atomic E-state index is 13.4. The average molecular weight is 548 g/mol. The number of hydrogen-bond donors (Lipinski definition) is 9. The minimum Gasteiger partial charge on any atom is -0.480 e. The zero-order valence-electron chi connectivity index (χ0n) is 21.7. The van der Waals surface area contributed by atoms with Crippen LogP contribution in [0.15, 0.2) is 30.5 Å². The lowest BCUT2D eigenvalue weighted by molar-refractivity contribution is -0.144. The second-order valence-electron chi connectivity index (χ2n) is 9.31. The summed E-state index contributed by atoms with van der Waals surface area (Å²) in [4.78, 5) is 64.7. The number of benzene rings is 1. The molecule has 39 heavy (non-hydrogen) atoms. The SMILES string of the molecule is CC(O)C(NC(=O)C(Cc1c[nH]c2ccccc12)NC(=O)C(N)CCCCN)C(=O)NC(CC(N)=O)C(=O)O.